The average molecular weight is 196 g/mol. The summed E-state index contributed by atoms with van der Waals surface area (Å²) in [5.41, 5.74) is 0.872. The summed E-state index contributed by atoms with van der Waals surface area (Å²) in [7, 11) is 0. The van der Waals surface area contributed by atoms with Crippen molar-refractivity contribution in [3.63, 3.8) is 0 Å². The molecule has 1 aromatic carbocycles. The van der Waals surface area contributed by atoms with E-state index in [1.807, 2.05) is 0 Å². The Balaban J connectivity index is 3.07. The Morgan fingerprint density at radius 1 is 1.50 bits per heavy atom. The van der Waals surface area contributed by atoms with Crippen molar-refractivity contribution >= 4 is 6.29 Å². The topological polar surface area (TPSA) is 66.8 Å². The number of aliphatic hydroxyl groups is 1. The van der Waals surface area contributed by atoms with Crippen LogP contribution in [0, 0.1) is 6.92 Å². The Bertz CT molecular complexity index is 333. The van der Waals surface area contributed by atoms with Gasteiger partial charge in [-0.1, -0.05) is 0 Å². The number of aromatic hydroxyl groups is 1. The number of phenolic OH excluding ortho intramolecular Hbond substituents is 1. The lowest BCUT2D eigenvalue weighted by Gasteiger charge is -2.11. The zero-order valence-corrected chi connectivity index (χ0v) is 7.86. The van der Waals surface area contributed by atoms with E-state index in [1.54, 1.807) is 6.92 Å². The minimum absolute atomic E-state index is 0.0727. The van der Waals surface area contributed by atoms with Crippen molar-refractivity contribution in [2.45, 2.75) is 6.92 Å². The molecule has 0 spiro atoms. The van der Waals surface area contributed by atoms with Gasteiger partial charge in [0.1, 0.15) is 18.1 Å². The van der Waals surface area contributed by atoms with Crippen molar-refractivity contribution in [1.29, 1.82) is 0 Å². The van der Waals surface area contributed by atoms with Crippen LogP contribution < -0.4 is 4.74 Å². The molecule has 2 N–H and O–H groups in total. The molecule has 4 nitrogen and oxygen atoms in total. The minimum Gasteiger partial charge on any atom is -0.508 e. The van der Waals surface area contributed by atoms with Crippen molar-refractivity contribution < 1.29 is 19.7 Å². The van der Waals surface area contributed by atoms with Crippen LogP contribution in [0.1, 0.15) is 15.9 Å². The average Bonchev–Trinajstić information content (AvgIpc) is 2.20. The molecule has 0 aliphatic rings. The molecule has 4 heteroatoms. The van der Waals surface area contributed by atoms with E-state index in [0.29, 0.717) is 23.2 Å². The first-order valence-corrected chi connectivity index (χ1v) is 4.22. The molecule has 1 aromatic rings. The van der Waals surface area contributed by atoms with Crippen LogP contribution in [-0.2, 0) is 0 Å². The standard InChI is InChI=1S/C10H12O4/c1-7-9(13)3-2-8(6-12)10(7)14-5-4-11/h2-3,6,11,13H,4-5H2,1H3. The summed E-state index contributed by atoms with van der Waals surface area (Å²) >= 11 is 0. The largest absolute Gasteiger partial charge is 0.508 e. The number of carbonyl (C=O) groups excluding carboxylic acids is 1. The first-order chi connectivity index (χ1) is 6.70. The molecule has 0 atom stereocenters. The molecule has 0 heterocycles. The van der Waals surface area contributed by atoms with Crippen LogP contribution in [0.15, 0.2) is 12.1 Å². The molecule has 14 heavy (non-hydrogen) atoms. The molecular formula is C10H12O4. The summed E-state index contributed by atoms with van der Waals surface area (Å²) in [6, 6.07) is 2.91. The second-order valence-corrected chi connectivity index (χ2v) is 2.82. The number of carbonyl (C=O) groups is 1. The van der Waals surface area contributed by atoms with Crippen LogP contribution >= 0.6 is 0 Å². The van der Waals surface area contributed by atoms with Gasteiger partial charge in [0.05, 0.1) is 12.2 Å². The van der Waals surface area contributed by atoms with Gasteiger partial charge in [-0.05, 0) is 19.1 Å². The number of rotatable bonds is 4. The maximum absolute atomic E-state index is 10.6. The van der Waals surface area contributed by atoms with E-state index >= 15 is 0 Å². The molecule has 0 aliphatic heterocycles. The molecule has 0 fully saturated rings. The van der Waals surface area contributed by atoms with E-state index in [2.05, 4.69) is 0 Å². The number of ether oxygens (including phenoxy) is 1. The highest BCUT2D eigenvalue weighted by molar-refractivity contribution is 5.81. The van der Waals surface area contributed by atoms with Crippen molar-refractivity contribution in [3.8, 4) is 11.5 Å². The number of phenols is 1. The Morgan fingerprint density at radius 3 is 2.79 bits per heavy atom. The lowest BCUT2D eigenvalue weighted by atomic mass is 10.1. The molecule has 0 saturated heterocycles. The van der Waals surface area contributed by atoms with E-state index < -0.39 is 0 Å². The summed E-state index contributed by atoms with van der Waals surface area (Å²) in [4.78, 5) is 10.6. The van der Waals surface area contributed by atoms with Gasteiger partial charge in [-0.15, -0.1) is 0 Å². The quantitative estimate of drug-likeness (QED) is 0.701. The van der Waals surface area contributed by atoms with Gasteiger partial charge in [-0.25, -0.2) is 0 Å². The summed E-state index contributed by atoms with van der Waals surface area (Å²) < 4.78 is 5.15. The summed E-state index contributed by atoms with van der Waals surface area (Å²) in [6.45, 7) is 1.62. The highest BCUT2D eigenvalue weighted by Crippen LogP contribution is 2.29. The Kier molecular flexibility index (Phi) is 3.48. The SMILES string of the molecule is Cc1c(O)ccc(C=O)c1OCCO. The van der Waals surface area contributed by atoms with Gasteiger partial charge >= 0.3 is 0 Å². The number of aliphatic hydroxyl groups excluding tert-OH is 1. The maximum Gasteiger partial charge on any atom is 0.153 e. The van der Waals surface area contributed by atoms with E-state index in [0.717, 1.165) is 0 Å². The fraction of sp³-hybridized carbons (Fsp3) is 0.300. The van der Waals surface area contributed by atoms with Crippen molar-refractivity contribution in [2.24, 2.45) is 0 Å². The van der Waals surface area contributed by atoms with Crippen LogP contribution in [0.3, 0.4) is 0 Å². The van der Waals surface area contributed by atoms with Crippen LogP contribution in [0.25, 0.3) is 0 Å². The van der Waals surface area contributed by atoms with Crippen molar-refractivity contribution in [1.82, 2.24) is 0 Å². The molecule has 76 valence electrons. The summed E-state index contributed by atoms with van der Waals surface area (Å²) in [6.07, 6.45) is 0.652. The van der Waals surface area contributed by atoms with Crippen LogP contribution in [0.2, 0.25) is 0 Å². The van der Waals surface area contributed by atoms with Crippen molar-refractivity contribution in [3.05, 3.63) is 23.3 Å². The minimum atomic E-state index is -0.132. The third kappa shape index (κ3) is 2.03. The first-order valence-electron chi connectivity index (χ1n) is 4.22. The summed E-state index contributed by atoms with van der Waals surface area (Å²) in [5.74, 6) is 0.401. The lowest BCUT2D eigenvalue weighted by molar-refractivity contribution is 0.111. The molecule has 0 aliphatic carbocycles. The van der Waals surface area contributed by atoms with E-state index in [4.69, 9.17) is 9.84 Å². The highest BCUT2D eigenvalue weighted by Gasteiger charge is 2.09. The van der Waals surface area contributed by atoms with Gasteiger partial charge in [0.25, 0.3) is 0 Å². The molecule has 0 radical (unpaired) electrons. The van der Waals surface area contributed by atoms with E-state index in [9.17, 15) is 9.90 Å². The van der Waals surface area contributed by atoms with Crippen LogP contribution in [0.5, 0.6) is 11.5 Å². The van der Waals surface area contributed by atoms with E-state index in [-0.39, 0.29) is 19.0 Å². The second-order valence-electron chi connectivity index (χ2n) is 2.82. The maximum atomic E-state index is 10.6. The molecule has 0 aromatic heterocycles. The lowest BCUT2D eigenvalue weighted by Crippen LogP contribution is -2.05. The summed E-state index contributed by atoms with van der Waals surface area (Å²) in [5, 5.41) is 17.9. The predicted molar refractivity (Wildman–Crippen MR) is 50.8 cm³/mol. The first kappa shape index (κ1) is 10.5. The number of hydrogen-bond acceptors (Lipinski definition) is 4. The Morgan fingerprint density at radius 2 is 2.21 bits per heavy atom. The monoisotopic (exact) mass is 196 g/mol. The van der Waals surface area contributed by atoms with Gasteiger partial charge in [-0.3, -0.25) is 4.79 Å². The Hall–Kier alpha value is -1.55. The fourth-order valence-electron chi connectivity index (χ4n) is 1.13. The molecule has 1 rings (SSSR count). The van der Waals surface area contributed by atoms with Gasteiger partial charge in [0, 0.05) is 5.56 Å². The third-order valence-electron chi connectivity index (χ3n) is 1.87. The molecule has 0 bridgehead atoms. The van der Waals surface area contributed by atoms with Crippen LogP contribution in [0.4, 0.5) is 0 Å². The zero-order chi connectivity index (χ0) is 10.6. The predicted octanol–water partition coefficient (Wildman–Crippen LogP) is 0.884. The second kappa shape index (κ2) is 4.62. The van der Waals surface area contributed by atoms with Gasteiger partial charge in [0.2, 0.25) is 0 Å². The zero-order valence-electron chi connectivity index (χ0n) is 7.86. The number of aldehydes is 1. The molecule has 0 amide bonds. The van der Waals surface area contributed by atoms with E-state index in [1.165, 1.54) is 12.1 Å². The Labute approximate surface area is 81.8 Å². The molecular weight excluding hydrogens is 184 g/mol. The van der Waals surface area contributed by atoms with Gasteiger partial charge in [0.15, 0.2) is 6.29 Å². The number of hydrogen-bond donors (Lipinski definition) is 2. The third-order valence-corrected chi connectivity index (χ3v) is 1.87. The normalized spacial score (nSPS) is 9.86. The molecule has 0 saturated carbocycles. The molecule has 0 unspecified atom stereocenters. The fourth-order valence-corrected chi connectivity index (χ4v) is 1.13. The van der Waals surface area contributed by atoms with Gasteiger partial charge in [-0.2, -0.15) is 0 Å². The number of benzene rings is 1. The highest BCUT2D eigenvalue weighted by atomic mass is 16.5. The van der Waals surface area contributed by atoms with Gasteiger partial charge < -0.3 is 14.9 Å². The van der Waals surface area contributed by atoms with Crippen LogP contribution in [-0.4, -0.2) is 29.7 Å². The smallest absolute Gasteiger partial charge is 0.153 e. The van der Waals surface area contributed by atoms with Crippen molar-refractivity contribution in [2.75, 3.05) is 13.2 Å².